The van der Waals surface area contributed by atoms with Crippen molar-refractivity contribution in [2.45, 2.75) is 148 Å². The molecule has 1 rings (SSSR count). The van der Waals surface area contributed by atoms with Crippen LogP contribution >= 0.6 is 7.82 Å². The molecule has 0 N–H and O–H groups in total. The number of quaternary nitrogens is 1. The van der Waals surface area contributed by atoms with Gasteiger partial charge in [0, 0.05) is 12.8 Å². The molecule has 0 aromatic carbocycles. The zero-order valence-corrected chi connectivity index (χ0v) is 40.3. The molecule has 0 radical (unpaired) electrons. The van der Waals surface area contributed by atoms with Gasteiger partial charge in [0.1, 0.15) is 19.8 Å². The Morgan fingerprint density at radius 3 is 1.51 bits per heavy atom. The van der Waals surface area contributed by atoms with Gasteiger partial charge in [-0.1, -0.05) is 148 Å². The number of phosphoric acid groups is 1. The van der Waals surface area contributed by atoms with Gasteiger partial charge in [-0.05, 0) is 89.9 Å². The summed E-state index contributed by atoms with van der Waals surface area (Å²) in [6.07, 6.45) is 57.3. The molecule has 0 aromatic heterocycles. The van der Waals surface area contributed by atoms with Crippen LogP contribution in [0.2, 0.25) is 0 Å². The van der Waals surface area contributed by atoms with E-state index in [1.54, 1.807) is 0 Å². The number of hydrogen-bond acceptors (Lipinski definition) is 9. The molecule has 0 saturated carbocycles. The maximum Gasteiger partial charge on any atom is 0.306 e. The molecule has 4 atom stereocenters. The van der Waals surface area contributed by atoms with E-state index in [1.807, 2.05) is 45.4 Å². The van der Waals surface area contributed by atoms with E-state index in [9.17, 15) is 19.0 Å². The van der Waals surface area contributed by atoms with Gasteiger partial charge in [-0.2, -0.15) is 0 Å². The predicted molar refractivity (Wildman–Crippen MR) is 258 cm³/mol. The quantitative estimate of drug-likeness (QED) is 0.0148. The maximum absolute atomic E-state index is 12.7. The van der Waals surface area contributed by atoms with E-state index in [1.165, 1.54) is 25.7 Å². The summed E-state index contributed by atoms with van der Waals surface area (Å²) in [5.74, 6) is -1.05. The Bertz CT molecular complexity index is 1550. The number of ether oxygens (including phenoxy) is 3. The van der Waals surface area contributed by atoms with Crippen molar-refractivity contribution < 1.29 is 46.8 Å². The first-order valence-corrected chi connectivity index (χ1v) is 24.8. The fourth-order valence-electron chi connectivity index (χ4n) is 5.64. The summed E-state index contributed by atoms with van der Waals surface area (Å²) in [4.78, 5) is 37.6. The lowest BCUT2D eigenvalue weighted by Gasteiger charge is -2.28. The van der Waals surface area contributed by atoms with E-state index in [0.29, 0.717) is 36.1 Å². The highest BCUT2D eigenvalue weighted by Crippen LogP contribution is 2.38. The molecule has 0 aromatic rings. The summed E-state index contributed by atoms with van der Waals surface area (Å²) in [6, 6.07) is 0. The molecule has 1 fully saturated rings. The van der Waals surface area contributed by atoms with Crippen LogP contribution in [-0.2, 0) is 37.4 Å². The van der Waals surface area contributed by atoms with E-state index < -0.39 is 32.5 Å². The second-order valence-corrected chi connectivity index (χ2v) is 17.8. The van der Waals surface area contributed by atoms with Crippen molar-refractivity contribution in [1.29, 1.82) is 0 Å². The Kier molecular flexibility index (Phi) is 35.3. The van der Waals surface area contributed by atoms with Crippen molar-refractivity contribution in [1.82, 2.24) is 0 Å². The van der Waals surface area contributed by atoms with Crippen LogP contribution in [0.15, 0.2) is 122 Å². The van der Waals surface area contributed by atoms with Crippen molar-refractivity contribution in [2.24, 2.45) is 0 Å². The second-order valence-electron chi connectivity index (χ2n) is 16.4. The minimum Gasteiger partial charge on any atom is -0.756 e. The lowest BCUT2D eigenvalue weighted by molar-refractivity contribution is -0.870. The molecular weight excluding hydrogens is 814 g/mol. The average Bonchev–Trinajstić information content (AvgIpc) is 3.99. The number of unbranched alkanes of at least 4 members (excludes halogenated alkanes) is 3. The van der Waals surface area contributed by atoms with E-state index >= 15 is 0 Å². The Hall–Kier alpha value is -3.63. The highest BCUT2D eigenvalue weighted by atomic mass is 31.2. The monoisotopic (exact) mass is 896 g/mol. The lowest BCUT2D eigenvalue weighted by Crippen LogP contribution is -2.37. The molecule has 1 aliphatic rings. The molecule has 0 amide bonds. The van der Waals surface area contributed by atoms with Crippen molar-refractivity contribution in [3.8, 4) is 0 Å². The molecule has 1 saturated heterocycles. The number of hydrogen-bond donors (Lipinski definition) is 0. The second kappa shape index (κ2) is 38.8. The van der Waals surface area contributed by atoms with Crippen molar-refractivity contribution in [3.05, 3.63) is 122 Å². The van der Waals surface area contributed by atoms with Gasteiger partial charge in [-0.25, -0.2) is 0 Å². The first-order valence-electron chi connectivity index (χ1n) is 23.4. The van der Waals surface area contributed by atoms with E-state index in [4.69, 9.17) is 23.3 Å². The summed E-state index contributed by atoms with van der Waals surface area (Å²) >= 11 is 0. The van der Waals surface area contributed by atoms with Gasteiger partial charge in [0.05, 0.1) is 40.0 Å². The number of nitrogens with zero attached hydrogens (tertiary/aromatic N) is 1. The maximum atomic E-state index is 12.7. The zero-order chi connectivity index (χ0) is 46.1. The summed E-state index contributed by atoms with van der Waals surface area (Å²) in [5, 5.41) is 0. The number of rotatable bonds is 39. The fourth-order valence-corrected chi connectivity index (χ4v) is 6.37. The van der Waals surface area contributed by atoms with Crippen LogP contribution in [0.5, 0.6) is 0 Å². The van der Waals surface area contributed by atoms with E-state index in [0.717, 1.165) is 64.2 Å². The lowest BCUT2D eigenvalue weighted by atomic mass is 10.1. The van der Waals surface area contributed by atoms with Crippen LogP contribution < -0.4 is 4.89 Å². The fraction of sp³-hybridized carbons (Fsp3) is 0.577. The molecule has 10 nitrogen and oxygen atoms in total. The topological polar surface area (TPSA) is 124 Å². The number of carbonyl (C=O) groups is 2. The average molecular weight is 896 g/mol. The van der Waals surface area contributed by atoms with Gasteiger partial charge in [0.25, 0.3) is 7.82 Å². The Labute approximate surface area is 382 Å². The molecule has 1 heterocycles. The van der Waals surface area contributed by atoms with Gasteiger partial charge in [0.2, 0.25) is 0 Å². The smallest absolute Gasteiger partial charge is 0.306 e. The van der Waals surface area contributed by atoms with Gasteiger partial charge in [-0.3, -0.25) is 14.2 Å². The first-order chi connectivity index (χ1) is 30.5. The van der Waals surface area contributed by atoms with Crippen molar-refractivity contribution >= 4 is 19.8 Å². The Morgan fingerprint density at radius 2 is 1.03 bits per heavy atom. The normalized spacial score (nSPS) is 17.8. The highest BCUT2D eigenvalue weighted by molar-refractivity contribution is 7.45. The third kappa shape index (κ3) is 39.7. The van der Waals surface area contributed by atoms with Crippen molar-refractivity contribution in [2.75, 3.05) is 47.5 Å². The third-order valence-electron chi connectivity index (χ3n) is 9.39. The minimum atomic E-state index is -4.68. The van der Waals surface area contributed by atoms with E-state index in [2.05, 4.69) is 111 Å². The molecule has 1 aliphatic heterocycles. The molecule has 11 heteroatoms. The molecule has 0 spiro atoms. The third-order valence-corrected chi connectivity index (χ3v) is 10.4. The molecular formula is C52H82NO9P. The summed E-state index contributed by atoms with van der Waals surface area (Å²) in [6.45, 7) is 3.87. The predicted octanol–water partition coefficient (Wildman–Crippen LogP) is 12.0. The zero-order valence-electron chi connectivity index (χ0n) is 39.4. The molecule has 354 valence electrons. The standard InChI is InChI=1S/C52H82NO9P/c1-6-8-10-11-12-13-14-15-16-17-18-19-20-21-25-28-31-34-38-42-51(54)58-46-48(47-60-63(56,57)59-45-44-53(3,4)5)61-52(55)43-39-35-32-29-26-23-22-24-27-30-33-37-41-50-49(62-50)40-36-9-7-2/h9,12-13,15-16,18-19,21,23-27,31-37,48-50H,6-8,10-11,14,17,20,22,28-30,38-47H2,1-5H3/b13-12-,16-15-,19-18-,25-21-,26-23-,27-24-,34-31-,35-32-,36-9-,37-33-/t48-,49?,50?/m1/s1. The van der Waals surface area contributed by atoms with Crippen LogP contribution in [-0.4, -0.2) is 82.2 Å². The molecule has 63 heavy (non-hydrogen) atoms. The van der Waals surface area contributed by atoms with Gasteiger partial charge >= 0.3 is 11.9 Å². The van der Waals surface area contributed by atoms with Crippen LogP contribution in [0.4, 0.5) is 0 Å². The summed E-state index contributed by atoms with van der Waals surface area (Å²) in [5.41, 5.74) is 0. The number of allylic oxidation sites excluding steroid dienone is 18. The van der Waals surface area contributed by atoms with Gasteiger partial charge in [0.15, 0.2) is 6.10 Å². The number of phosphoric ester groups is 1. The number of likely N-dealkylation sites (N-methyl/N-ethyl adjacent to an activating group) is 1. The number of carbonyl (C=O) groups excluding carboxylic acids is 2. The van der Waals surface area contributed by atoms with Crippen LogP contribution in [0.25, 0.3) is 0 Å². The Morgan fingerprint density at radius 1 is 0.587 bits per heavy atom. The van der Waals surface area contributed by atoms with Crippen LogP contribution in [0, 0.1) is 0 Å². The highest BCUT2D eigenvalue weighted by Gasteiger charge is 2.36. The molecule has 0 bridgehead atoms. The largest absolute Gasteiger partial charge is 0.756 e. The van der Waals surface area contributed by atoms with Crippen LogP contribution in [0.1, 0.15) is 129 Å². The number of esters is 2. The number of epoxide rings is 1. The molecule has 0 aliphatic carbocycles. The first kappa shape index (κ1) is 57.4. The minimum absolute atomic E-state index is 0.0649. The van der Waals surface area contributed by atoms with Gasteiger partial charge in [-0.15, -0.1) is 0 Å². The van der Waals surface area contributed by atoms with E-state index in [-0.39, 0.29) is 26.1 Å². The van der Waals surface area contributed by atoms with Gasteiger partial charge < -0.3 is 32.6 Å². The Balaban J connectivity index is 2.38. The summed E-state index contributed by atoms with van der Waals surface area (Å²) < 4.78 is 39.4. The molecule has 3 unspecified atom stereocenters. The van der Waals surface area contributed by atoms with Crippen LogP contribution in [0.3, 0.4) is 0 Å². The summed E-state index contributed by atoms with van der Waals surface area (Å²) in [7, 11) is 1.05. The van der Waals surface area contributed by atoms with Crippen molar-refractivity contribution in [3.63, 3.8) is 0 Å². The SMILES string of the molecule is CC/C=C\CC1OC1C/C=C\C/C=C\C/C=C\C/C=C\CCC(=O)O[C@H](COC(=O)CC/C=C\C/C=C\C/C=C\C/C=C\C/C=C\CCCCC)COP(=O)([O-])OCC[N+](C)(C)C.